The lowest BCUT2D eigenvalue weighted by atomic mass is 10.2. The molecule has 5 heteroatoms. The van der Waals surface area contributed by atoms with E-state index in [0.717, 1.165) is 0 Å². The number of hydrogen-bond acceptors (Lipinski definition) is 3. The molecule has 0 heterocycles. The van der Waals surface area contributed by atoms with Crippen LogP contribution in [0, 0.1) is 11.3 Å². The zero-order chi connectivity index (χ0) is 10.7. The van der Waals surface area contributed by atoms with E-state index in [2.05, 4.69) is 0 Å². The molecule has 0 unspecified atom stereocenters. The average Bonchev–Trinajstić information content (AvgIpc) is 2.10. The van der Waals surface area contributed by atoms with Crippen LogP contribution in [0.3, 0.4) is 0 Å². The molecule has 0 bridgehead atoms. The first-order valence-corrected chi connectivity index (χ1v) is 4.37. The lowest BCUT2D eigenvalue weighted by Crippen LogP contribution is -2.02. The molecule has 0 radical (unpaired) electrons. The summed E-state index contributed by atoms with van der Waals surface area (Å²) >= 11 is 11.5. The molecule has 0 atom stereocenters. The van der Waals surface area contributed by atoms with Gasteiger partial charge >= 0.3 is 5.97 Å². The SMILES string of the molecule is CC(=O)Oc1c(Cl)cc(C#N)cc1Cl. The second-order valence-electron chi connectivity index (χ2n) is 2.47. The Labute approximate surface area is 90.8 Å². The van der Waals surface area contributed by atoms with E-state index in [9.17, 15) is 4.79 Å². The predicted octanol–water partition coefficient (Wildman–Crippen LogP) is 2.79. The first-order valence-electron chi connectivity index (χ1n) is 3.62. The van der Waals surface area contributed by atoms with Crippen LogP contribution in [0.1, 0.15) is 12.5 Å². The minimum absolute atomic E-state index is 0.0832. The molecule has 1 rings (SSSR count). The first kappa shape index (κ1) is 10.8. The van der Waals surface area contributed by atoms with Gasteiger partial charge in [-0.05, 0) is 12.1 Å². The minimum Gasteiger partial charge on any atom is -0.424 e. The summed E-state index contributed by atoms with van der Waals surface area (Å²) < 4.78 is 4.76. The third kappa shape index (κ3) is 2.38. The highest BCUT2D eigenvalue weighted by atomic mass is 35.5. The van der Waals surface area contributed by atoms with Crippen molar-refractivity contribution >= 4 is 29.2 Å². The number of nitrogens with zero attached hydrogens (tertiary/aromatic N) is 1. The van der Waals surface area contributed by atoms with Gasteiger partial charge in [0, 0.05) is 6.92 Å². The molecule has 0 amide bonds. The van der Waals surface area contributed by atoms with Crippen molar-refractivity contribution in [1.29, 1.82) is 5.26 Å². The number of rotatable bonds is 1. The van der Waals surface area contributed by atoms with E-state index >= 15 is 0 Å². The van der Waals surface area contributed by atoms with E-state index in [4.69, 9.17) is 33.2 Å². The maximum atomic E-state index is 10.7. The molecule has 14 heavy (non-hydrogen) atoms. The highest BCUT2D eigenvalue weighted by molar-refractivity contribution is 6.37. The zero-order valence-electron chi connectivity index (χ0n) is 7.17. The fraction of sp³-hybridized carbons (Fsp3) is 0.111. The summed E-state index contributed by atoms with van der Waals surface area (Å²) in [5, 5.41) is 8.87. The summed E-state index contributed by atoms with van der Waals surface area (Å²) in [6.07, 6.45) is 0. The topological polar surface area (TPSA) is 50.1 Å². The van der Waals surface area contributed by atoms with Crippen LogP contribution in [-0.2, 0) is 4.79 Å². The Bertz CT molecular complexity index is 400. The van der Waals surface area contributed by atoms with Crippen molar-refractivity contribution < 1.29 is 9.53 Å². The van der Waals surface area contributed by atoms with Gasteiger partial charge < -0.3 is 4.74 Å². The molecular weight excluding hydrogens is 225 g/mol. The van der Waals surface area contributed by atoms with Crippen molar-refractivity contribution in [2.45, 2.75) is 6.92 Å². The lowest BCUT2D eigenvalue weighted by molar-refractivity contribution is -0.131. The summed E-state index contributed by atoms with van der Waals surface area (Å²) in [7, 11) is 0. The number of esters is 1. The van der Waals surface area contributed by atoms with Crippen molar-refractivity contribution in [2.75, 3.05) is 0 Å². The molecular formula is C9H5Cl2NO2. The van der Waals surface area contributed by atoms with Gasteiger partial charge in [0.15, 0.2) is 5.75 Å². The van der Waals surface area contributed by atoms with E-state index in [-0.39, 0.29) is 15.8 Å². The molecule has 0 aliphatic rings. The van der Waals surface area contributed by atoms with Crippen molar-refractivity contribution in [3.05, 3.63) is 27.7 Å². The van der Waals surface area contributed by atoms with Crippen LogP contribution < -0.4 is 4.74 Å². The molecule has 72 valence electrons. The molecule has 3 nitrogen and oxygen atoms in total. The van der Waals surface area contributed by atoms with Gasteiger partial charge in [0.25, 0.3) is 0 Å². The van der Waals surface area contributed by atoms with Gasteiger partial charge in [0.2, 0.25) is 0 Å². The van der Waals surface area contributed by atoms with Crippen molar-refractivity contribution in [3.8, 4) is 11.8 Å². The second kappa shape index (κ2) is 4.32. The smallest absolute Gasteiger partial charge is 0.308 e. The Kier molecular flexibility index (Phi) is 3.34. The molecule has 0 saturated heterocycles. The molecule has 0 fully saturated rings. The molecule has 0 aromatic heterocycles. The van der Waals surface area contributed by atoms with E-state index in [1.165, 1.54) is 19.1 Å². The van der Waals surface area contributed by atoms with Crippen LogP contribution in [0.4, 0.5) is 0 Å². The van der Waals surface area contributed by atoms with Crippen LogP contribution in [0.2, 0.25) is 10.0 Å². The maximum Gasteiger partial charge on any atom is 0.308 e. The molecule has 0 aliphatic carbocycles. The lowest BCUT2D eigenvalue weighted by Gasteiger charge is -2.05. The predicted molar refractivity (Wildman–Crippen MR) is 52.5 cm³/mol. The number of nitriles is 1. The Balaban J connectivity index is 3.19. The Morgan fingerprint density at radius 3 is 2.29 bits per heavy atom. The quantitative estimate of drug-likeness (QED) is 0.550. The van der Waals surface area contributed by atoms with Gasteiger partial charge in [-0.25, -0.2) is 0 Å². The van der Waals surface area contributed by atoms with Crippen LogP contribution in [0.15, 0.2) is 12.1 Å². The van der Waals surface area contributed by atoms with Gasteiger partial charge in [0.05, 0.1) is 21.7 Å². The van der Waals surface area contributed by atoms with Crippen molar-refractivity contribution in [2.24, 2.45) is 0 Å². The van der Waals surface area contributed by atoms with E-state index in [1.54, 1.807) is 0 Å². The van der Waals surface area contributed by atoms with Crippen LogP contribution in [-0.4, -0.2) is 5.97 Å². The minimum atomic E-state index is -0.515. The Morgan fingerprint density at radius 2 is 1.93 bits per heavy atom. The van der Waals surface area contributed by atoms with Crippen LogP contribution in [0.25, 0.3) is 0 Å². The normalized spacial score (nSPS) is 9.29. The second-order valence-corrected chi connectivity index (χ2v) is 3.29. The zero-order valence-corrected chi connectivity index (χ0v) is 8.69. The highest BCUT2D eigenvalue weighted by Crippen LogP contribution is 2.33. The summed E-state index contributed by atoms with van der Waals surface area (Å²) in [6.45, 7) is 1.24. The third-order valence-corrected chi connectivity index (χ3v) is 1.93. The van der Waals surface area contributed by atoms with Crippen molar-refractivity contribution in [1.82, 2.24) is 0 Å². The highest BCUT2D eigenvalue weighted by Gasteiger charge is 2.11. The fourth-order valence-corrected chi connectivity index (χ4v) is 1.43. The van der Waals surface area contributed by atoms with Gasteiger partial charge in [0.1, 0.15) is 0 Å². The number of halogens is 2. The van der Waals surface area contributed by atoms with Gasteiger partial charge in [-0.3, -0.25) is 4.79 Å². The van der Waals surface area contributed by atoms with E-state index < -0.39 is 5.97 Å². The van der Waals surface area contributed by atoms with Gasteiger partial charge in [-0.2, -0.15) is 5.26 Å². The van der Waals surface area contributed by atoms with Crippen molar-refractivity contribution in [3.63, 3.8) is 0 Å². The largest absolute Gasteiger partial charge is 0.424 e. The number of hydrogen-bond donors (Lipinski definition) is 0. The summed E-state index contributed by atoms with van der Waals surface area (Å²) in [5.74, 6) is -0.432. The maximum absolute atomic E-state index is 10.7. The standard InChI is InChI=1S/C9H5Cl2NO2/c1-5(13)14-9-7(10)2-6(4-12)3-8(9)11/h2-3H,1H3. The molecule has 1 aromatic carbocycles. The third-order valence-electron chi connectivity index (χ3n) is 1.37. The fourth-order valence-electron chi connectivity index (χ4n) is 0.866. The van der Waals surface area contributed by atoms with Gasteiger partial charge in [-0.1, -0.05) is 23.2 Å². The molecule has 0 aliphatic heterocycles. The number of benzene rings is 1. The van der Waals surface area contributed by atoms with Crippen LogP contribution in [0.5, 0.6) is 5.75 Å². The number of ether oxygens (including phenoxy) is 1. The summed E-state index contributed by atoms with van der Waals surface area (Å²) in [6, 6.07) is 4.64. The van der Waals surface area contributed by atoms with Gasteiger partial charge in [-0.15, -0.1) is 0 Å². The van der Waals surface area contributed by atoms with E-state index in [1.807, 2.05) is 6.07 Å². The average molecular weight is 230 g/mol. The molecule has 1 aromatic rings. The molecule has 0 spiro atoms. The Hall–Kier alpha value is -1.24. The molecule has 0 N–H and O–H groups in total. The Morgan fingerprint density at radius 1 is 1.43 bits per heavy atom. The molecule has 0 saturated carbocycles. The van der Waals surface area contributed by atoms with E-state index in [0.29, 0.717) is 5.56 Å². The number of carbonyl (C=O) groups is 1. The van der Waals surface area contributed by atoms with Crippen LogP contribution >= 0.6 is 23.2 Å². The summed E-state index contributed by atoms with van der Waals surface area (Å²) in [5.41, 5.74) is 0.316. The first-order chi connectivity index (χ1) is 6.54. The number of carbonyl (C=O) groups excluding carboxylic acids is 1. The monoisotopic (exact) mass is 229 g/mol. The summed E-state index contributed by atoms with van der Waals surface area (Å²) in [4.78, 5) is 10.7.